The van der Waals surface area contributed by atoms with Crippen molar-refractivity contribution < 1.29 is 0 Å². The SMILES string of the molecule is CCn1c(=O)c2ccccc2n2c(CSc3nc4c(cc3C#N)CCCC4)nnc12. The van der Waals surface area contributed by atoms with Gasteiger partial charge in [0.15, 0.2) is 0 Å². The molecule has 0 saturated heterocycles. The highest BCUT2D eigenvalue weighted by molar-refractivity contribution is 7.98. The Morgan fingerprint density at radius 2 is 2.03 bits per heavy atom. The number of hydrogen-bond donors (Lipinski definition) is 0. The van der Waals surface area contributed by atoms with Crippen LogP contribution in [0.15, 0.2) is 40.2 Å². The third kappa shape index (κ3) is 2.97. The molecule has 0 spiro atoms. The minimum absolute atomic E-state index is 0.0599. The molecule has 5 rings (SSSR count). The molecule has 4 aromatic rings. The first kappa shape index (κ1) is 18.8. The van der Waals surface area contributed by atoms with E-state index in [1.807, 2.05) is 41.7 Å². The third-order valence-corrected chi connectivity index (χ3v) is 6.60. The molecule has 150 valence electrons. The molecule has 0 unspecified atom stereocenters. The molecule has 30 heavy (non-hydrogen) atoms. The van der Waals surface area contributed by atoms with Crippen LogP contribution in [-0.4, -0.2) is 24.1 Å². The van der Waals surface area contributed by atoms with Gasteiger partial charge in [-0.1, -0.05) is 23.9 Å². The normalized spacial score (nSPS) is 13.5. The van der Waals surface area contributed by atoms with E-state index in [2.05, 4.69) is 16.3 Å². The second kappa shape index (κ2) is 7.58. The first-order valence-corrected chi connectivity index (χ1v) is 11.1. The van der Waals surface area contributed by atoms with Gasteiger partial charge in [-0.15, -0.1) is 10.2 Å². The number of pyridine rings is 1. The lowest BCUT2D eigenvalue weighted by atomic mass is 9.95. The maximum atomic E-state index is 12.8. The van der Waals surface area contributed by atoms with Crippen LogP contribution in [0.4, 0.5) is 0 Å². The lowest BCUT2D eigenvalue weighted by Crippen LogP contribution is -2.22. The van der Waals surface area contributed by atoms with Crippen LogP contribution in [0.3, 0.4) is 0 Å². The summed E-state index contributed by atoms with van der Waals surface area (Å²) in [6, 6.07) is 11.8. The van der Waals surface area contributed by atoms with Gasteiger partial charge in [0.2, 0.25) is 5.78 Å². The number of hydrogen-bond acceptors (Lipinski definition) is 6. The Kier molecular flexibility index (Phi) is 4.75. The van der Waals surface area contributed by atoms with Crippen LogP contribution >= 0.6 is 11.8 Å². The second-order valence-corrected chi connectivity index (χ2v) is 8.34. The van der Waals surface area contributed by atoms with E-state index in [1.165, 1.54) is 17.3 Å². The summed E-state index contributed by atoms with van der Waals surface area (Å²) in [6.45, 7) is 2.44. The smallest absolute Gasteiger partial charge is 0.262 e. The van der Waals surface area contributed by atoms with Crippen molar-refractivity contribution in [3.05, 3.63) is 63.3 Å². The molecule has 1 aliphatic carbocycles. The zero-order valence-electron chi connectivity index (χ0n) is 16.6. The minimum Gasteiger partial charge on any atom is -0.277 e. The maximum Gasteiger partial charge on any atom is 0.262 e. The summed E-state index contributed by atoms with van der Waals surface area (Å²) < 4.78 is 3.58. The summed E-state index contributed by atoms with van der Waals surface area (Å²) in [7, 11) is 0. The van der Waals surface area contributed by atoms with Crippen molar-refractivity contribution in [2.75, 3.05) is 0 Å². The van der Waals surface area contributed by atoms with Gasteiger partial charge in [-0.3, -0.25) is 13.8 Å². The molecule has 1 aromatic carbocycles. The highest BCUT2D eigenvalue weighted by Crippen LogP contribution is 2.29. The molecule has 0 aliphatic heterocycles. The Morgan fingerprint density at radius 1 is 1.20 bits per heavy atom. The van der Waals surface area contributed by atoms with Crippen LogP contribution in [0.5, 0.6) is 0 Å². The second-order valence-electron chi connectivity index (χ2n) is 7.37. The standard InChI is InChI=1S/C22H20N6OS/c1-2-27-21(29)16-8-4-6-10-18(16)28-19(25-26-22(27)28)13-30-20-15(12-23)11-14-7-3-5-9-17(14)24-20/h4,6,8,10-11H,2-3,5,7,9,13H2,1H3. The monoisotopic (exact) mass is 416 g/mol. The van der Waals surface area contributed by atoms with Crippen molar-refractivity contribution in [1.82, 2.24) is 24.1 Å². The lowest BCUT2D eigenvalue weighted by molar-refractivity contribution is 0.660. The number of para-hydroxylation sites is 1. The average molecular weight is 417 g/mol. The van der Waals surface area contributed by atoms with Crippen molar-refractivity contribution in [3.63, 3.8) is 0 Å². The molecular formula is C22H20N6OS. The van der Waals surface area contributed by atoms with Crippen molar-refractivity contribution in [3.8, 4) is 6.07 Å². The van der Waals surface area contributed by atoms with Gasteiger partial charge in [0, 0.05) is 12.2 Å². The summed E-state index contributed by atoms with van der Waals surface area (Å²) in [5, 5.41) is 19.7. The van der Waals surface area contributed by atoms with Crippen LogP contribution in [0.1, 0.15) is 42.4 Å². The van der Waals surface area contributed by atoms with Crippen molar-refractivity contribution in [2.45, 2.75) is 49.9 Å². The number of benzene rings is 1. The largest absolute Gasteiger partial charge is 0.277 e. The van der Waals surface area contributed by atoms with Gasteiger partial charge in [-0.05, 0) is 56.4 Å². The molecule has 0 radical (unpaired) electrons. The fourth-order valence-corrected chi connectivity index (χ4v) is 5.02. The predicted molar refractivity (Wildman–Crippen MR) is 116 cm³/mol. The van der Waals surface area contributed by atoms with E-state index in [0.717, 1.165) is 47.7 Å². The van der Waals surface area contributed by atoms with Crippen LogP contribution < -0.4 is 5.56 Å². The molecule has 3 aromatic heterocycles. The van der Waals surface area contributed by atoms with Gasteiger partial charge in [0.25, 0.3) is 5.56 Å². The number of aryl methyl sites for hydroxylation is 3. The number of aromatic nitrogens is 5. The number of nitrogens with zero attached hydrogens (tertiary/aromatic N) is 6. The van der Waals surface area contributed by atoms with E-state index >= 15 is 0 Å². The zero-order valence-corrected chi connectivity index (χ0v) is 17.4. The van der Waals surface area contributed by atoms with Gasteiger partial charge >= 0.3 is 0 Å². The number of rotatable bonds is 4. The van der Waals surface area contributed by atoms with Crippen molar-refractivity contribution in [1.29, 1.82) is 5.26 Å². The van der Waals surface area contributed by atoms with Crippen LogP contribution in [-0.2, 0) is 25.1 Å². The molecule has 0 fully saturated rings. The van der Waals surface area contributed by atoms with E-state index in [9.17, 15) is 10.1 Å². The topological polar surface area (TPSA) is 88.9 Å². The molecule has 0 amide bonds. The first-order chi connectivity index (χ1) is 14.7. The van der Waals surface area contributed by atoms with Crippen molar-refractivity contribution >= 4 is 28.4 Å². The van der Waals surface area contributed by atoms with Crippen LogP contribution in [0, 0.1) is 11.3 Å². The third-order valence-electron chi connectivity index (χ3n) is 5.62. The van der Waals surface area contributed by atoms with E-state index < -0.39 is 0 Å². The van der Waals surface area contributed by atoms with E-state index in [4.69, 9.17) is 4.98 Å². The fraction of sp³-hybridized carbons (Fsp3) is 0.318. The average Bonchev–Trinajstić information content (AvgIpc) is 3.21. The van der Waals surface area contributed by atoms with Gasteiger partial charge in [-0.2, -0.15) is 5.26 Å². The Bertz CT molecular complexity index is 1380. The Labute approximate surface area is 177 Å². The van der Waals surface area contributed by atoms with E-state index in [1.54, 1.807) is 4.57 Å². The van der Waals surface area contributed by atoms with E-state index in [0.29, 0.717) is 29.0 Å². The summed E-state index contributed by atoms with van der Waals surface area (Å²) in [5.41, 5.74) is 3.66. The molecule has 8 heteroatoms. The highest BCUT2D eigenvalue weighted by atomic mass is 32.2. The van der Waals surface area contributed by atoms with Gasteiger partial charge < -0.3 is 0 Å². The fourth-order valence-electron chi connectivity index (χ4n) is 4.13. The quantitative estimate of drug-likeness (QED) is 0.473. The van der Waals surface area contributed by atoms with Crippen LogP contribution in [0.25, 0.3) is 16.7 Å². The molecule has 0 saturated carbocycles. The summed E-state index contributed by atoms with van der Waals surface area (Å²) in [5.74, 6) is 1.78. The summed E-state index contributed by atoms with van der Waals surface area (Å²) in [6.07, 6.45) is 4.27. The zero-order chi connectivity index (χ0) is 20.7. The molecule has 7 nitrogen and oxygen atoms in total. The van der Waals surface area contributed by atoms with Gasteiger partial charge in [0.1, 0.15) is 16.9 Å². The number of thioether (sulfide) groups is 1. The molecule has 3 heterocycles. The molecule has 1 aliphatic rings. The first-order valence-electron chi connectivity index (χ1n) is 10.1. The maximum absolute atomic E-state index is 12.8. The Balaban J connectivity index is 1.58. The Morgan fingerprint density at radius 3 is 2.87 bits per heavy atom. The summed E-state index contributed by atoms with van der Waals surface area (Å²) >= 11 is 1.50. The van der Waals surface area contributed by atoms with Crippen molar-refractivity contribution in [2.24, 2.45) is 0 Å². The van der Waals surface area contributed by atoms with Crippen LogP contribution in [0.2, 0.25) is 0 Å². The highest BCUT2D eigenvalue weighted by Gasteiger charge is 2.18. The van der Waals surface area contributed by atoms with Gasteiger partial charge in [-0.25, -0.2) is 4.98 Å². The molecular weight excluding hydrogens is 396 g/mol. The molecule has 0 N–H and O–H groups in total. The number of nitriles is 1. The van der Waals surface area contributed by atoms with Gasteiger partial charge in [0.05, 0.1) is 22.2 Å². The number of fused-ring (bicyclic) bond motifs is 4. The predicted octanol–water partition coefficient (Wildman–Crippen LogP) is 3.50. The Hall–Kier alpha value is -3.18. The molecule has 0 atom stereocenters. The minimum atomic E-state index is -0.0599. The van der Waals surface area contributed by atoms with E-state index in [-0.39, 0.29) is 5.56 Å². The molecule has 0 bridgehead atoms. The summed E-state index contributed by atoms with van der Waals surface area (Å²) in [4.78, 5) is 17.6. The lowest BCUT2D eigenvalue weighted by Gasteiger charge is -2.16.